The number of hydrogen-bond donors (Lipinski definition) is 1. The Kier molecular flexibility index (Phi) is 5.80. The summed E-state index contributed by atoms with van der Waals surface area (Å²) in [5.74, 6) is 1.13. The highest BCUT2D eigenvalue weighted by atomic mass is 79.9. The van der Waals surface area contributed by atoms with Gasteiger partial charge in [-0.25, -0.2) is 4.98 Å². The van der Waals surface area contributed by atoms with Crippen LogP contribution in [0.25, 0.3) is 0 Å². The van der Waals surface area contributed by atoms with Gasteiger partial charge < -0.3 is 9.88 Å². The Morgan fingerprint density at radius 3 is 2.65 bits per heavy atom. The summed E-state index contributed by atoms with van der Waals surface area (Å²) in [4.78, 5) is 4.55. The van der Waals surface area contributed by atoms with Gasteiger partial charge >= 0.3 is 0 Å². The highest BCUT2D eigenvalue weighted by molar-refractivity contribution is 9.10. The Morgan fingerprint density at radius 1 is 1.25 bits per heavy atom. The third-order valence-electron chi connectivity index (χ3n) is 3.39. The molecule has 4 heteroatoms. The van der Waals surface area contributed by atoms with E-state index < -0.39 is 0 Å². The van der Waals surface area contributed by atoms with E-state index in [4.69, 9.17) is 0 Å². The minimum absolute atomic E-state index is 0.270. The number of nitrogens with zero attached hydrogens (tertiary/aromatic N) is 2. The van der Waals surface area contributed by atoms with Gasteiger partial charge in [0.1, 0.15) is 5.82 Å². The summed E-state index contributed by atoms with van der Waals surface area (Å²) in [6.07, 6.45) is 6.03. The van der Waals surface area contributed by atoms with Gasteiger partial charge in [0.2, 0.25) is 0 Å². The fraction of sp³-hybridized carbons (Fsp3) is 0.438. The first-order valence-corrected chi connectivity index (χ1v) is 8.02. The predicted octanol–water partition coefficient (Wildman–Crippen LogP) is 3.95. The Balaban J connectivity index is 2.17. The van der Waals surface area contributed by atoms with Crippen molar-refractivity contribution in [2.45, 2.75) is 39.3 Å². The molecular formula is C16H22BrN3. The van der Waals surface area contributed by atoms with Gasteiger partial charge in [-0.3, -0.25) is 0 Å². The van der Waals surface area contributed by atoms with Crippen molar-refractivity contribution in [3.8, 4) is 0 Å². The van der Waals surface area contributed by atoms with E-state index in [1.807, 2.05) is 6.20 Å². The van der Waals surface area contributed by atoms with E-state index in [9.17, 15) is 0 Å². The zero-order chi connectivity index (χ0) is 14.4. The second kappa shape index (κ2) is 7.60. The number of aromatic nitrogens is 2. The molecule has 108 valence electrons. The lowest BCUT2D eigenvalue weighted by atomic mass is 10.1. The van der Waals surface area contributed by atoms with Crippen molar-refractivity contribution < 1.29 is 0 Å². The van der Waals surface area contributed by atoms with Crippen LogP contribution < -0.4 is 5.32 Å². The molecule has 0 saturated heterocycles. The summed E-state index contributed by atoms with van der Waals surface area (Å²) >= 11 is 3.48. The third kappa shape index (κ3) is 3.93. The maximum absolute atomic E-state index is 4.55. The highest BCUT2D eigenvalue weighted by Gasteiger charge is 2.16. The quantitative estimate of drug-likeness (QED) is 0.830. The summed E-state index contributed by atoms with van der Waals surface area (Å²) in [6, 6.07) is 8.80. The maximum Gasteiger partial charge on any atom is 0.126 e. The second-order valence-electron chi connectivity index (χ2n) is 4.91. The minimum atomic E-state index is 0.270. The van der Waals surface area contributed by atoms with E-state index in [0.29, 0.717) is 0 Å². The zero-order valence-corrected chi connectivity index (χ0v) is 13.7. The van der Waals surface area contributed by atoms with Gasteiger partial charge in [0, 0.05) is 23.4 Å². The van der Waals surface area contributed by atoms with E-state index >= 15 is 0 Å². The Hall–Kier alpha value is -1.13. The molecule has 0 spiro atoms. The van der Waals surface area contributed by atoms with E-state index in [2.05, 4.69) is 75.1 Å². The molecule has 1 N–H and O–H groups in total. The van der Waals surface area contributed by atoms with Crippen molar-refractivity contribution in [2.75, 3.05) is 6.54 Å². The molecule has 2 aromatic rings. The molecule has 0 aliphatic rings. The Morgan fingerprint density at radius 2 is 2.00 bits per heavy atom. The molecule has 0 fully saturated rings. The highest BCUT2D eigenvalue weighted by Crippen LogP contribution is 2.19. The largest absolute Gasteiger partial charge is 0.334 e. The second-order valence-corrected chi connectivity index (χ2v) is 5.82. The van der Waals surface area contributed by atoms with Crippen molar-refractivity contribution in [1.29, 1.82) is 0 Å². The smallest absolute Gasteiger partial charge is 0.126 e. The summed E-state index contributed by atoms with van der Waals surface area (Å²) in [5.41, 5.74) is 1.33. The van der Waals surface area contributed by atoms with Crippen LogP contribution in [0.3, 0.4) is 0 Å². The van der Waals surface area contributed by atoms with Gasteiger partial charge in [0.05, 0.1) is 6.04 Å². The first kappa shape index (κ1) is 15.3. The number of aryl methyl sites for hydroxylation is 1. The third-order valence-corrected chi connectivity index (χ3v) is 3.92. The Bertz CT molecular complexity index is 519. The fourth-order valence-electron chi connectivity index (χ4n) is 2.33. The van der Waals surface area contributed by atoms with Crippen LogP contribution in [0.5, 0.6) is 0 Å². The Labute approximate surface area is 129 Å². The van der Waals surface area contributed by atoms with Gasteiger partial charge in [0.15, 0.2) is 0 Å². The predicted molar refractivity (Wildman–Crippen MR) is 86.8 cm³/mol. The SMILES string of the molecule is CCCNC(Cc1ccc(Br)cc1)c1nccn1CC. The van der Waals surface area contributed by atoms with E-state index in [0.717, 1.165) is 36.2 Å². The molecule has 2 rings (SSSR count). The van der Waals surface area contributed by atoms with E-state index in [1.165, 1.54) is 5.56 Å². The van der Waals surface area contributed by atoms with Gasteiger partial charge in [-0.05, 0) is 44.0 Å². The first-order valence-electron chi connectivity index (χ1n) is 7.23. The van der Waals surface area contributed by atoms with E-state index in [1.54, 1.807) is 0 Å². The summed E-state index contributed by atoms with van der Waals surface area (Å²) in [7, 11) is 0. The number of halogens is 1. The minimum Gasteiger partial charge on any atom is -0.334 e. The topological polar surface area (TPSA) is 29.9 Å². The van der Waals surface area contributed by atoms with Gasteiger partial charge in [-0.1, -0.05) is 35.0 Å². The summed E-state index contributed by atoms with van der Waals surface area (Å²) in [6.45, 7) is 6.31. The number of imidazole rings is 1. The van der Waals surface area contributed by atoms with Crippen LogP contribution in [-0.2, 0) is 13.0 Å². The van der Waals surface area contributed by atoms with E-state index in [-0.39, 0.29) is 6.04 Å². The molecule has 0 bridgehead atoms. The van der Waals surface area contributed by atoms with Crippen LogP contribution in [0, 0.1) is 0 Å². The lowest BCUT2D eigenvalue weighted by Crippen LogP contribution is -2.27. The maximum atomic E-state index is 4.55. The van der Waals surface area contributed by atoms with Crippen LogP contribution in [-0.4, -0.2) is 16.1 Å². The fourth-order valence-corrected chi connectivity index (χ4v) is 2.59. The van der Waals surface area contributed by atoms with Gasteiger partial charge in [-0.15, -0.1) is 0 Å². The van der Waals surface area contributed by atoms with Gasteiger partial charge in [-0.2, -0.15) is 0 Å². The van der Waals surface area contributed by atoms with Crippen molar-refractivity contribution in [1.82, 2.24) is 14.9 Å². The average molecular weight is 336 g/mol. The van der Waals surface area contributed by atoms with Crippen molar-refractivity contribution >= 4 is 15.9 Å². The van der Waals surface area contributed by atoms with Crippen LogP contribution in [0.15, 0.2) is 41.1 Å². The number of rotatable bonds is 7. The van der Waals surface area contributed by atoms with Gasteiger partial charge in [0.25, 0.3) is 0 Å². The van der Waals surface area contributed by atoms with Crippen LogP contribution in [0.2, 0.25) is 0 Å². The van der Waals surface area contributed by atoms with Crippen LogP contribution in [0.4, 0.5) is 0 Å². The van der Waals surface area contributed by atoms with Crippen molar-refractivity contribution in [3.63, 3.8) is 0 Å². The summed E-state index contributed by atoms with van der Waals surface area (Å²) in [5, 5.41) is 3.61. The average Bonchev–Trinajstić information content (AvgIpc) is 2.94. The molecule has 0 saturated carbocycles. The molecule has 20 heavy (non-hydrogen) atoms. The van der Waals surface area contributed by atoms with Crippen LogP contribution in [0.1, 0.15) is 37.7 Å². The standard InChI is InChI=1S/C16H22BrN3/c1-3-9-18-15(16-19-10-11-20(16)4-2)12-13-5-7-14(17)8-6-13/h5-8,10-11,15,18H,3-4,9,12H2,1-2H3. The molecule has 3 nitrogen and oxygen atoms in total. The molecule has 1 atom stereocenters. The normalized spacial score (nSPS) is 12.6. The van der Waals surface area contributed by atoms with Crippen molar-refractivity contribution in [2.24, 2.45) is 0 Å². The zero-order valence-electron chi connectivity index (χ0n) is 12.1. The molecule has 1 aromatic carbocycles. The molecule has 0 radical (unpaired) electrons. The molecule has 0 aliphatic carbocycles. The number of hydrogen-bond acceptors (Lipinski definition) is 2. The first-order chi connectivity index (χ1) is 9.74. The molecule has 0 aliphatic heterocycles. The number of benzene rings is 1. The monoisotopic (exact) mass is 335 g/mol. The summed E-state index contributed by atoms with van der Waals surface area (Å²) < 4.78 is 3.33. The molecular weight excluding hydrogens is 314 g/mol. The lowest BCUT2D eigenvalue weighted by molar-refractivity contribution is 0.482. The molecule has 1 heterocycles. The van der Waals surface area contributed by atoms with Crippen molar-refractivity contribution in [3.05, 3.63) is 52.5 Å². The number of nitrogens with one attached hydrogen (secondary N) is 1. The molecule has 1 unspecified atom stereocenters. The molecule has 0 amide bonds. The van der Waals surface area contributed by atoms with Crippen LogP contribution >= 0.6 is 15.9 Å². The lowest BCUT2D eigenvalue weighted by Gasteiger charge is -2.19. The molecule has 1 aromatic heterocycles.